The Morgan fingerprint density at radius 3 is 2.10 bits per heavy atom. The zero-order valence-electron chi connectivity index (χ0n) is 44.7. The van der Waals surface area contributed by atoms with Gasteiger partial charge in [-0.15, -0.1) is 0 Å². The Bertz CT molecular complexity index is 2060. The van der Waals surface area contributed by atoms with Gasteiger partial charge in [-0.3, -0.25) is 54.0 Å². The molecule has 0 aromatic heterocycles. The first kappa shape index (κ1) is 59.3. The molecule has 0 bridgehead atoms. The van der Waals surface area contributed by atoms with Crippen LogP contribution < -0.4 is 10.7 Å². The van der Waals surface area contributed by atoms with E-state index in [1.54, 1.807) is 20.8 Å². The van der Waals surface area contributed by atoms with Crippen molar-refractivity contribution in [2.75, 3.05) is 32.9 Å². The van der Waals surface area contributed by atoms with Crippen LogP contribution in [0.2, 0.25) is 0 Å². The number of cyclic esters (lactones) is 1. The average molecular weight is 1040 g/mol. The zero-order chi connectivity index (χ0) is 54.9. The summed E-state index contributed by atoms with van der Waals surface area (Å²) >= 11 is 0. The van der Waals surface area contributed by atoms with Crippen LogP contribution in [0.25, 0.3) is 0 Å². The maximum atomic E-state index is 15.8. The molecule has 73 heavy (non-hydrogen) atoms. The molecule has 5 saturated heterocycles. The summed E-state index contributed by atoms with van der Waals surface area (Å²) in [6.45, 7) is 17.1. The van der Waals surface area contributed by atoms with Gasteiger partial charge in [-0.05, 0) is 110 Å². The lowest BCUT2D eigenvalue weighted by Crippen LogP contribution is -2.71. The van der Waals surface area contributed by atoms with Gasteiger partial charge < -0.3 is 39.7 Å². The Balaban J connectivity index is 1.69. The third kappa shape index (κ3) is 12.6. The number of nitrogens with zero attached hydrogens (tertiary/aromatic N) is 6. The summed E-state index contributed by atoms with van der Waals surface area (Å²) in [5.74, 6) is -13.1. The smallest absolute Gasteiger partial charge is 0.332 e. The van der Waals surface area contributed by atoms with E-state index in [9.17, 15) is 59.3 Å². The quantitative estimate of drug-likeness (QED) is 0.118. The van der Waals surface area contributed by atoms with Gasteiger partial charge in [-0.2, -0.15) is 5.01 Å². The molecule has 11 unspecified atom stereocenters. The number of hydrazine groups is 2. The minimum absolute atomic E-state index is 0.0253. The molecular weight excluding hydrogens is 957 g/mol. The van der Waals surface area contributed by atoms with Gasteiger partial charge in [0.1, 0.15) is 36.8 Å². The van der Waals surface area contributed by atoms with E-state index >= 15 is 4.79 Å². The molecule has 6 amide bonds. The van der Waals surface area contributed by atoms with Crippen molar-refractivity contribution in [3.8, 4) is 0 Å². The van der Waals surface area contributed by atoms with E-state index < -0.39 is 137 Å². The molecule has 0 saturated carbocycles. The maximum Gasteiger partial charge on any atom is 0.332 e. The first-order valence-electron chi connectivity index (χ1n) is 25.8. The lowest BCUT2D eigenvalue weighted by atomic mass is 9.78. The van der Waals surface area contributed by atoms with E-state index in [4.69, 9.17) is 14.2 Å². The van der Waals surface area contributed by atoms with E-state index in [0.29, 0.717) is 19.3 Å². The summed E-state index contributed by atoms with van der Waals surface area (Å²) < 4.78 is 17.9. The Morgan fingerprint density at radius 1 is 0.863 bits per heavy atom. The minimum Gasteiger partial charge on any atom is -0.458 e. The zero-order valence-corrected chi connectivity index (χ0v) is 44.7. The van der Waals surface area contributed by atoms with Crippen LogP contribution in [0.15, 0.2) is 0 Å². The van der Waals surface area contributed by atoms with Gasteiger partial charge in [-0.1, -0.05) is 48.5 Å². The third-order valence-electron chi connectivity index (χ3n) is 14.8. The standard InChI is InChI=1S/C49H82N8O16/c1-13-33-30(24-27(2)3)18-19-49(68,73-33)48(12,67)44(64)51-35-37(29(6)7)72-43(63)36(28(4)5)57(70)42(62)38-47(11,66)20-23-53(38)39(59)31-16-14-21-50-55(31)34(58)25-54(69)40(60)32-17-15-22-52(56(32)41(35)61)26-71-45(65)46(8,9)10/h27-33,35-38,50,66-70H,13-26H2,1-12H3,(H,51,64). The highest BCUT2D eigenvalue weighted by Gasteiger charge is 2.59. The molecule has 5 heterocycles. The molecule has 0 aliphatic carbocycles. The van der Waals surface area contributed by atoms with Gasteiger partial charge in [0.2, 0.25) is 11.7 Å². The van der Waals surface area contributed by atoms with Gasteiger partial charge in [0.15, 0.2) is 18.4 Å². The second-order valence-corrected chi connectivity index (χ2v) is 23.0. The maximum absolute atomic E-state index is 15.8. The molecule has 0 radical (unpaired) electrons. The van der Waals surface area contributed by atoms with Crippen molar-refractivity contribution in [2.45, 2.75) is 200 Å². The fourth-order valence-electron chi connectivity index (χ4n) is 10.6. The Morgan fingerprint density at radius 2 is 1.51 bits per heavy atom. The number of nitrogens with one attached hydrogen (secondary N) is 2. The normalized spacial score (nSPS) is 33.0. The highest BCUT2D eigenvalue weighted by atomic mass is 16.7. The number of amides is 6. The third-order valence-corrected chi connectivity index (χ3v) is 14.8. The molecule has 5 rings (SSSR count). The second kappa shape index (κ2) is 23.1. The summed E-state index contributed by atoms with van der Waals surface area (Å²) in [6.07, 6.45) is -0.862. The van der Waals surface area contributed by atoms with Crippen molar-refractivity contribution in [1.82, 2.24) is 40.8 Å². The number of hydroxylamine groups is 4. The molecule has 414 valence electrons. The van der Waals surface area contributed by atoms with Gasteiger partial charge in [-0.25, -0.2) is 20.3 Å². The second-order valence-electron chi connectivity index (χ2n) is 23.0. The number of carbonyl (C=O) groups is 8. The fourth-order valence-corrected chi connectivity index (χ4v) is 10.6. The largest absolute Gasteiger partial charge is 0.458 e. The minimum atomic E-state index is -2.82. The van der Waals surface area contributed by atoms with Crippen molar-refractivity contribution in [2.24, 2.45) is 29.1 Å². The molecule has 11 atom stereocenters. The summed E-state index contributed by atoms with van der Waals surface area (Å²) in [4.78, 5) is 117. The molecule has 5 aliphatic rings. The van der Waals surface area contributed by atoms with Crippen LogP contribution in [0.3, 0.4) is 0 Å². The number of rotatable bonds is 10. The van der Waals surface area contributed by atoms with E-state index in [0.717, 1.165) is 28.3 Å². The molecular formula is C49H82N8O16. The van der Waals surface area contributed by atoms with E-state index in [-0.39, 0.29) is 73.7 Å². The molecule has 0 aromatic rings. The van der Waals surface area contributed by atoms with Crippen LogP contribution in [-0.4, -0.2) is 195 Å². The van der Waals surface area contributed by atoms with Gasteiger partial charge in [0.25, 0.3) is 29.5 Å². The van der Waals surface area contributed by atoms with Crippen LogP contribution >= 0.6 is 0 Å². The predicted molar refractivity (Wildman–Crippen MR) is 256 cm³/mol. The first-order valence-corrected chi connectivity index (χ1v) is 25.8. The monoisotopic (exact) mass is 1040 g/mol. The molecule has 5 aliphatic heterocycles. The fraction of sp³-hybridized carbons (Fsp3) is 0.837. The number of aliphatic hydroxyl groups is 3. The highest BCUT2D eigenvalue weighted by molar-refractivity contribution is 5.97. The molecule has 5 fully saturated rings. The molecule has 0 spiro atoms. The average Bonchev–Trinajstić information content (AvgIpc) is 3.64. The Hall–Kier alpha value is -4.56. The van der Waals surface area contributed by atoms with Crippen molar-refractivity contribution in [3.63, 3.8) is 0 Å². The first-order chi connectivity index (χ1) is 33.8. The number of carbonyl (C=O) groups excluding carboxylic acids is 8. The van der Waals surface area contributed by atoms with Crippen LogP contribution in [0, 0.1) is 29.1 Å². The summed E-state index contributed by atoms with van der Waals surface area (Å²) in [7, 11) is 0. The highest BCUT2D eigenvalue weighted by Crippen LogP contribution is 2.42. The van der Waals surface area contributed by atoms with Gasteiger partial charge in [0.05, 0.1) is 17.1 Å². The van der Waals surface area contributed by atoms with Crippen LogP contribution in [0.4, 0.5) is 0 Å². The van der Waals surface area contributed by atoms with E-state index in [2.05, 4.69) is 10.7 Å². The van der Waals surface area contributed by atoms with Crippen molar-refractivity contribution >= 4 is 47.4 Å². The lowest BCUT2D eigenvalue weighted by Gasteiger charge is -2.49. The van der Waals surface area contributed by atoms with Crippen molar-refractivity contribution < 1.29 is 78.3 Å². The summed E-state index contributed by atoms with van der Waals surface area (Å²) in [5.41, 5.74) is -3.01. The number of esters is 2. The number of ether oxygens (including phenoxy) is 3. The number of hydrogen-bond acceptors (Lipinski definition) is 18. The molecule has 7 N–H and O–H groups in total. The van der Waals surface area contributed by atoms with E-state index in [1.165, 1.54) is 39.6 Å². The van der Waals surface area contributed by atoms with Crippen LogP contribution in [0.5, 0.6) is 0 Å². The summed E-state index contributed by atoms with van der Waals surface area (Å²) in [6, 6.07) is -8.86. The van der Waals surface area contributed by atoms with E-state index in [1.807, 2.05) is 20.8 Å². The van der Waals surface area contributed by atoms with Crippen LogP contribution in [0.1, 0.15) is 141 Å². The van der Waals surface area contributed by atoms with Crippen LogP contribution in [-0.2, 0) is 52.6 Å². The molecule has 24 nitrogen and oxygen atoms in total. The van der Waals surface area contributed by atoms with Crippen molar-refractivity contribution in [1.29, 1.82) is 0 Å². The number of hydrogen-bond donors (Lipinski definition) is 7. The Labute approximate surface area is 427 Å². The number of fused-ring (bicyclic) bond motifs is 3. The Kier molecular flexibility index (Phi) is 18.8. The van der Waals surface area contributed by atoms with Gasteiger partial charge >= 0.3 is 11.9 Å². The van der Waals surface area contributed by atoms with Crippen molar-refractivity contribution in [3.05, 3.63) is 0 Å². The lowest BCUT2D eigenvalue weighted by molar-refractivity contribution is -0.329. The molecule has 24 heteroatoms. The summed E-state index contributed by atoms with van der Waals surface area (Å²) in [5, 5.41) is 64.9. The topological polar surface area (TPSA) is 309 Å². The van der Waals surface area contributed by atoms with Gasteiger partial charge in [0, 0.05) is 26.1 Å². The SMILES string of the molecule is CCC1OC(O)(C(C)(O)C(=O)NC2C(=O)N3C(CCCN3COC(=O)C(C)(C)C)C(=O)N(O)CC(=O)N3NCCCC3C(=O)N3CCC(C)(O)C3C(=O)N(O)C(C(C)C)C(=O)OC2C(C)C)CCC1CC(C)C. The molecule has 0 aromatic carbocycles. The predicted octanol–water partition coefficient (Wildman–Crippen LogP) is 0.806.